The third-order valence-electron chi connectivity index (χ3n) is 3.62. The Morgan fingerprint density at radius 1 is 1.21 bits per heavy atom. The zero-order chi connectivity index (χ0) is 17.3. The van der Waals surface area contributed by atoms with Crippen molar-refractivity contribution in [3.8, 4) is 17.0 Å². The molecule has 0 aliphatic carbocycles. The first-order valence-corrected chi connectivity index (χ1v) is 7.63. The highest BCUT2D eigenvalue weighted by molar-refractivity contribution is 5.79. The van der Waals surface area contributed by atoms with Gasteiger partial charge in [-0.15, -0.1) is 0 Å². The van der Waals surface area contributed by atoms with Crippen molar-refractivity contribution in [2.75, 3.05) is 12.4 Å². The Bertz CT molecular complexity index is 949. The first-order valence-electron chi connectivity index (χ1n) is 7.63. The summed E-state index contributed by atoms with van der Waals surface area (Å²) in [4.78, 5) is 25.7. The summed E-state index contributed by atoms with van der Waals surface area (Å²) in [5.41, 5.74) is 1.38. The summed E-state index contributed by atoms with van der Waals surface area (Å²) in [6, 6.07) is 5.70. The Morgan fingerprint density at radius 2 is 2.00 bits per heavy atom. The van der Waals surface area contributed by atoms with Crippen LogP contribution in [0.25, 0.3) is 22.3 Å². The quantitative estimate of drug-likeness (QED) is 0.792. The van der Waals surface area contributed by atoms with Gasteiger partial charge in [-0.25, -0.2) is 15.0 Å². The van der Waals surface area contributed by atoms with Crippen LogP contribution in [0.5, 0.6) is 5.75 Å². The van der Waals surface area contributed by atoms with E-state index in [1.807, 2.05) is 26.0 Å². The van der Waals surface area contributed by atoms with E-state index in [-0.39, 0.29) is 11.6 Å². The van der Waals surface area contributed by atoms with Gasteiger partial charge >= 0.3 is 0 Å². The fourth-order valence-corrected chi connectivity index (χ4v) is 2.36. The number of rotatable bonds is 4. The molecular formula is C17H19N5O2. The predicted octanol–water partition coefficient (Wildman–Crippen LogP) is 2.22. The second-order valence-electron chi connectivity index (χ2n) is 5.78. The SMILES string of the molecule is COc1cnc2nc(-c3cnc(NC(C)C)n(C)c3=O)ccc2c1. The van der Waals surface area contributed by atoms with E-state index in [0.29, 0.717) is 28.6 Å². The normalized spacial score (nSPS) is 11.0. The van der Waals surface area contributed by atoms with Crippen LogP contribution < -0.4 is 15.6 Å². The van der Waals surface area contributed by atoms with Crippen molar-refractivity contribution < 1.29 is 4.74 Å². The van der Waals surface area contributed by atoms with Crippen LogP contribution in [-0.2, 0) is 7.05 Å². The van der Waals surface area contributed by atoms with Crippen LogP contribution in [0.1, 0.15) is 13.8 Å². The fourth-order valence-electron chi connectivity index (χ4n) is 2.36. The van der Waals surface area contributed by atoms with E-state index in [1.165, 1.54) is 4.57 Å². The minimum atomic E-state index is -0.159. The van der Waals surface area contributed by atoms with Crippen molar-refractivity contribution >= 4 is 17.0 Å². The molecule has 0 saturated heterocycles. The van der Waals surface area contributed by atoms with Gasteiger partial charge in [0.2, 0.25) is 5.95 Å². The van der Waals surface area contributed by atoms with E-state index in [9.17, 15) is 4.79 Å². The lowest BCUT2D eigenvalue weighted by Crippen LogP contribution is -2.25. The van der Waals surface area contributed by atoms with Gasteiger partial charge in [0.05, 0.1) is 24.6 Å². The van der Waals surface area contributed by atoms with Gasteiger partial charge in [-0.05, 0) is 32.0 Å². The van der Waals surface area contributed by atoms with Crippen LogP contribution in [0.3, 0.4) is 0 Å². The highest BCUT2D eigenvalue weighted by Gasteiger charge is 2.12. The van der Waals surface area contributed by atoms with Crippen LogP contribution >= 0.6 is 0 Å². The molecule has 3 rings (SSSR count). The first-order chi connectivity index (χ1) is 11.5. The Morgan fingerprint density at radius 3 is 2.71 bits per heavy atom. The van der Waals surface area contributed by atoms with Crippen molar-refractivity contribution in [2.45, 2.75) is 19.9 Å². The molecule has 0 aliphatic heterocycles. The lowest BCUT2D eigenvalue weighted by molar-refractivity contribution is 0.413. The Labute approximate surface area is 139 Å². The average molecular weight is 325 g/mol. The molecule has 3 aromatic heterocycles. The van der Waals surface area contributed by atoms with E-state index in [2.05, 4.69) is 20.3 Å². The van der Waals surface area contributed by atoms with Crippen molar-refractivity contribution in [1.82, 2.24) is 19.5 Å². The van der Waals surface area contributed by atoms with Crippen molar-refractivity contribution in [2.24, 2.45) is 7.05 Å². The minimum absolute atomic E-state index is 0.159. The molecule has 0 spiro atoms. The highest BCUT2D eigenvalue weighted by atomic mass is 16.5. The molecule has 24 heavy (non-hydrogen) atoms. The van der Waals surface area contributed by atoms with Gasteiger partial charge in [-0.1, -0.05) is 0 Å². The first kappa shape index (κ1) is 15.9. The second-order valence-corrected chi connectivity index (χ2v) is 5.78. The zero-order valence-corrected chi connectivity index (χ0v) is 14.1. The molecule has 0 bridgehead atoms. The molecule has 7 nitrogen and oxygen atoms in total. The molecule has 1 N–H and O–H groups in total. The van der Waals surface area contributed by atoms with E-state index < -0.39 is 0 Å². The maximum Gasteiger partial charge on any atom is 0.264 e. The average Bonchev–Trinajstić information content (AvgIpc) is 2.58. The molecule has 0 atom stereocenters. The molecule has 7 heteroatoms. The smallest absolute Gasteiger partial charge is 0.264 e. The summed E-state index contributed by atoms with van der Waals surface area (Å²) < 4.78 is 6.64. The molecular weight excluding hydrogens is 306 g/mol. The topological polar surface area (TPSA) is 81.9 Å². The van der Waals surface area contributed by atoms with E-state index in [1.54, 1.807) is 32.6 Å². The third kappa shape index (κ3) is 2.92. The number of pyridine rings is 2. The largest absolute Gasteiger partial charge is 0.495 e. The zero-order valence-electron chi connectivity index (χ0n) is 14.1. The molecule has 3 aromatic rings. The number of ether oxygens (including phenoxy) is 1. The number of methoxy groups -OCH3 is 1. The number of fused-ring (bicyclic) bond motifs is 1. The lowest BCUT2D eigenvalue weighted by atomic mass is 10.2. The van der Waals surface area contributed by atoms with Gasteiger partial charge in [-0.2, -0.15) is 0 Å². The summed E-state index contributed by atoms with van der Waals surface area (Å²) in [6.45, 7) is 3.98. The summed E-state index contributed by atoms with van der Waals surface area (Å²) >= 11 is 0. The molecule has 0 aliphatic rings. The maximum atomic E-state index is 12.6. The standard InChI is InChI=1S/C17H19N5O2/c1-10(2)20-17-19-9-13(16(23)22(17)3)14-6-5-11-7-12(24-4)8-18-15(11)21-14/h5-10H,1-4H3,(H,19,20). The van der Waals surface area contributed by atoms with Crippen LogP contribution in [0.2, 0.25) is 0 Å². The molecule has 0 amide bonds. The molecule has 3 heterocycles. The van der Waals surface area contributed by atoms with Crippen LogP contribution in [0.15, 0.2) is 35.4 Å². The van der Waals surface area contributed by atoms with Gasteiger partial charge in [0.25, 0.3) is 5.56 Å². The number of hydrogen-bond donors (Lipinski definition) is 1. The van der Waals surface area contributed by atoms with Gasteiger partial charge in [0.1, 0.15) is 5.75 Å². The summed E-state index contributed by atoms with van der Waals surface area (Å²) in [5.74, 6) is 1.20. The van der Waals surface area contributed by atoms with E-state index in [0.717, 1.165) is 5.39 Å². The highest BCUT2D eigenvalue weighted by Crippen LogP contribution is 2.20. The number of hydrogen-bond acceptors (Lipinski definition) is 6. The van der Waals surface area contributed by atoms with Crippen LogP contribution in [-0.4, -0.2) is 32.7 Å². The van der Waals surface area contributed by atoms with Crippen LogP contribution in [0, 0.1) is 0 Å². The van der Waals surface area contributed by atoms with Gasteiger partial charge in [0, 0.05) is 24.7 Å². The van der Waals surface area contributed by atoms with Gasteiger partial charge < -0.3 is 10.1 Å². The molecule has 0 unspecified atom stereocenters. The lowest BCUT2D eigenvalue weighted by Gasteiger charge is -2.13. The van der Waals surface area contributed by atoms with Gasteiger partial charge in [0.15, 0.2) is 5.65 Å². The van der Waals surface area contributed by atoms with Crippen molar-refractivity contribution in [3.05, 3.63) is 40.9 Å². The number of anilines is 1. The van der Waals surface area contributed by atoms with Crippen molar-refractivity contribution in [1.29, 1.82) is 0 Å². The minimum Gasteiger partial charge on any atom is -0.495 e. The predicted molar refractivity (Wildman–Crippen MR) is 93.3 cm³/mol. The Balaban J connectivity index is 2.07. The maximum absolute atomic E-state index is 12.6. The fraction of sp³-hybridized carbons (Fsp3) is 0.294. The summed E-state index contributed by atoms with van der Waals surface area (Å²) in [6.07, 6.45) is 3.15. The van der Waals surface area contributed by atoms with E-state index in [4.69, 9.17) is 4.74 Å². The molecule has 124 valence electrons. The third-order valence-corrected chi connectivity index (χ3v) is 3.62. The molecule has 0 radical (unpaired) electrons. The monoisotopic (exact) mass is 325 g/mol. The second kappa shape index (κ2) is 6.27. The molecule has 0 fully saturated rings. The number of nitrogens with one attached hydrogen (secondary N) is 1. The van der Waals surface area contributed by atoms with Crippen LogP contribution in [0.4, 0.5) is 5.95 Å². The number of nitrogens with zero attached hydrogens (tertiary/aromatic N) is 4. The van der Waals surface area contributed by atoms with E-state index >= 15 is 0 Å². The molecule has 0 aromatic carbocycles. The molecule has 0 saturated carbocycles. The van der Waals surface area contributed by atoms with Gasteiger partial charge in [-0.3, -0.25) is 9.36 Å². The van der Waals surface area contributed by atoms with Crippen molar-refractivity contribution in [3.63, 3.8) is 0 Å². The summed E-state index contributed by atoms with van der Waals surface area (Å²) in [5, 5.41) is 3.99. The summed E-state index contributed by atoms with van der Waals surface area (Å²) in [7, 11) is 3.28. The number of aromatic nitrogens is 4. The Hall–Kier alpha value is -2.96. The Kier molecular flexibility index (Phi) is 4.16.